The first-order valence-electron chi connectivity index (χ1n) is 7.45. The molecule has 6 nitrogen and oxygen atoms in total. The van der Waals surface area contributed by atoms with Gasteiger partial charge in [-0.25, -0.2) is 4.39 Å². The molecule has 0 aliphatic carbocycles. The predicted molar refractivity (Wildman–Crippen MR) is 88.5 cm³/mol. The van der Waals surface area contributed by atoms with Crippen molar-refractivity contribution in [3.05, 3.63) is 83.8 Å². The highest BCUT2D eigenvalue weighted by Gasteiger charge is 2.12. The number of aromatic nitrogens is 1. The zero-order chi connectivity index (χ0) is 17.6. The highest BCUT2D eigenvalue weighted by Crippen LogP contribution is 2.11. The summed E-state index contributed by atoms with van der Waals surface area (Å²) in [6, 6.07) is 11.8. The van der Waals surface area contributed by atoms with Gasteiger partial charge in [0.25, 0.3) is 11.8 Å². The lowest BCUT2D eigenvalue weighted by Crippen LogP contribution is -2.23. The number of carbonyl (C=O) groups is 2. The van der Waals surface area contributed by atoms with Crippen LogP contribution in [0.1, 0.15) is 26.6 Å². The second-order valence-corrected chi connectivity index (χ2v) is 5.16. The molecule has 2 N–H and O–H groups in total. The van der Waals surface area contributed by atoms with Crippen LogP contribution in [0, 0.1) is 5.82 Å². The number of rotatable bonds is 5. The van der Waals surface area contributed by atoms with Gasteiger partial charge in [0.1, 0.15) is 17.3 Å². The van der Waals surface area contributed by atoms with E-state index in [0.29, 0.717) is 11.4 Å². The Balaban J connectivity index is 1.67. The first-order chi connectivity index (χ1) is 12.1. The van der Waals surface area contributed by atoms with Crippen LogP contribution >= 0.6 is 0 Å². The van der Waals surface area contributed by atoms with Crippen molar-refractivity contribution in [2.24, 2.45) is 0 Å². The van der Waals surface area contributed by atoms with Crippen LogP contribution in [-0.4, -0.2) is 16.8 Å². The predicted octanol–water partition coefficient (Wildman–Crippen LogP) is 3.00. The summed E-state index contributed by atoms with van der Waals surface area (Å²) in [5.41, 5.74) is 0.639. The molecule has 25 heavy (non-hydrogen) atoms. The fourth-order valence-corrected chi connectivity index (χ4v) is 2.14. The van der Waals surface area contributed by atoms with Crippen LogP contribution in [-0.2, 0) is 6.54 Å². The molecular formula is C18H14FN3O3. The third-order valence-corrected chi connectivity index (χ3v) is 3.34. The lowest BCUT2D eigenvalue weighted by molar-refractivity contribution is 0.0948. The minimum atomic E-state index is -0.536. The number of nitrogens with one attached hydrogen (secondary N) is 2. The number of amides is 2. The Hall–Kier alpha value is -3.48. The number of hydrogen-bond donors (Lipinski definition) is 2. The monoisotopic (exact) mass is 339 g/mol. The van der Waals surface area contributed by atoms with E-state index in [1.54, 1.807) is 18.2 Å². The van der Waals surface area contributed by atoms with E-state index in [1.807, 2.05) is 0 Å². The largest absolute Gasteiger partial charge is 0.467 e. The average molecular weight is 339 g/mol. The van der Waals surface area contributed by atoms with Gasteiger partial charge in [-0.1, -0.05) is 6.07 Å². The summed E-state index contributed by atoms with van der Waals surface area (Å²) in [5, 5.41) is 5.21. The number of benzene rings is 1. The summed E-state index contributed by atoms with van der Waals surface area (Å²) in [6.45, 7) is 0.235. The number of carbonyl (C=O) groups excluding carboxylic acids is 2. The van der Waals surface area contributed by atoms with Gasteiger partial charge >= 0.3 is 0 Å². The van der Waals surface area contributed by atoms with Gasteiger partial charge < -0.3 is 15.1 Å². The van der Waals surface area contributed by atoms with Crippen LogP contribution in [0.3, 0.4) is 0 Å². The molecule has 0 aliphatic heterocycles. The standard InChI is InChI=1S/C18H14FN3O3/c19-13-3-1-4-14(10-13)22-18(24)16-9-12(6-7-20-16)17(23)21-11-15-5-2-8-25-15/h1-10H,11H2,(H,21,23)(H,22,24). The van der Waals surface area contributed by atoms with Crippen molar-refractivity contribution in [3.63, 3.8) is 0 Å². The first-order valence-corrected chi connectivity index (χ1v) is 7.45. The van der Waals surface area contributed by atoms with Crippen molar-refractivity contribution >= 4 is 17.5 Å². The number of anilines is 1. The Morgan fingerprint density at radius 3 is 2.72 bits per heavy atom. The van der Waals surface area contributed by atoms with Crippen molar-refractivity contribution in [3.8, 4) is 0 Å². The Kier molecular flexibility index (Phi) is 4.84. The number of furan rings is 1. The van der Waals surface area contributed by atoms with Crippen LogP contribution in [0.5, 0.6) is 0 Å². The molecule has 2 amide bonds. The summed E-state index contributed by atoms with van der Waals surface area (Å²) in [6.07, 6.45) is 2.88. The van der Waals surface area contributed by atoms with E-state index in [2.05, 4.69) is 15.6 Å². The van der Waals surface area contributed by atoms with Crippen LogP contribution in [0.2, 0.25) is 0 Å². The molecule has 0 saturated carbocycles. The van der Waals surface area contributed by atoms with Gasteiger partial charge in [0, 0.05) is 17.4 Å². The fraction of sp³-hybridized carbons (Fsp3) is 0.0556. The lowest BCUT2D eigenvalue weighted by Gasteiger charge is -2.07. The van der Waals surface area contributed by atoms with Crippen molar-refractivity contribution in [1.29, 1.82) is 0 Å². The molecule has 7 heteroatoms. The molecule has 2 heterocycles. The molecule has 0 atom stereocenters. The van der Waals surface area contributed by atoms with Crippen LogP contribution < -0.4 is 10.6 Å². The summed E-state index contributed by atoms with van der Waals surface area (Å²) in [5.74, 6) is -0.742. The molecule has 0 spiro atoms. The molecule has 0 saturated heterocycles. The second kappa shape index (κ2) is 7.39. The van der Waals surface area contributed by atoms with Crippen molar-refractivity contribution in [2.45, 2.75) is 6.54 Å². The maximum absolute atomic E-state index is 13.2. The molecular weight excluding hydrogens is 325 g/mol. The van der Waals surface area contributed by atoms with Gasteiger partial charge in [-0.3, -0.25) is 14.6 Å². The average Bonchev–Trinajstić information content (AvgIpc) is 3.13. The molecule has 126 valence electrons. The SMILES string of the molecule is O=C(NCc1ccco1)c1ccnc(C(=O)Nc2cccc(F)c2)c1. The van der Waals surface area contributed by atoms with Gasteiger partial charge in [0.2, 0.25) is 0 Å². The van der Waals surface area contributed by atoms with Gasteiger partial charge in [-0.05, 0) is 42.5 Å². The zero-order valence-electron chi connectivity index (χ0n) is 13.0. The zero-order valence-corrected chi connectivity index (χ0v) is 13.0. The molecule has 2 aromatic heterocycles. The quantitative estimate of drug-likeness (QED) is 0.748. The number of pyridine rings is 1. The molecule has 0 fully saturated rings. The van der Waals surface area contributed by atoms with Gasteiger partial charge in [-0.2, -0.15) is 0 Å². The summed E-state index contributed by atoms with van der Waals surface area (Å²) < 4.78 is 18.3. The maximum Gasteiger partial charge on any atom is 0.274 e. The first kappa shape index (κ1) is 16.4. The minimum absolute atomic E-state index is 0.0508. The van der Waals surface area contributed by atoms with E-state index >= 15 is 0 Å². The smallest absolute Gasteiger partial charge is 0.274 e. The summed E-state index contributed by atoms with van der Waals surface area (Å²) in [4.78, 5) is 28.3. The van der Waals surface area contributed by atoms with Crippen LogP contribution in [0.25, 0.3) is 0 Å². The van der Waals surface area contributed by atoms with Crippen molar-refractivity contribution in [2.75, 3.05) is 5.32 Å². The molecule has 3 rings (SSSR count). The van der Waals surface area contributed by atoms with E-state index in [1.165, 1.54) is 42.8 Å². The Morgan fingerprint density at radius 1 is 1.08 bits per heavy atom. The van der Waals surface area contributed by atoms with Crippen molar-refractivity contribution < 1.29 is 18.4 Å². The Morgan fingerprint density at radius 2 is 1.96 bits per heavy atom. The highest BCUT2D eigenvalue weighted by atomic mass is 19.1. The minimum Gasteiger partial charge on any atom is -0.467 e. The fourth-order valence-electron chi connectivity index (χ4n) is 2.14. The number of halogens is 1. The van der Waals surface area contributed by atoms with E-state index in [4.69, 9.17) is 4.42 Å². The van der Waals surface area contributed by atoms with Gasteiger partial charge in [0.05, 0.1) is 12.8 Å². The molecule has 3 aromatic rings. The highest BCUT2D eigenvalue weighted by molar-refractivity contribution is 6.04. The molecule has 1 aromatic carbocycles. The van der Waals surface area contributed by atoms with Gasteiger partial charge in [0.15, 0.2) is 0 Å². The number of nitrogens with zero attached hydrogens (tertiary/aromatic N) is 1. The summed E-state index contributed by atoms with van der Waals surface area (Å²) >= 11 is 0. The maximum atomic E-state index is 13.2. The van der Waals surface area contributed by atoms with E-state index < -0.39 is 11.7 Å². The third-order valence-electron chi connectivity index (χ3n) is 3.34. The Labute approximate surface area is 142 Å². The van der Waals surface area contributed by atoms with E-state index in [0.717, 1.165) is 0 Å². The van der Waals surface area contributed by atoms with E-state index in [9.17, 15) is 14.0 Å². The van der Waals surface area contributed by atoms with Crippen LogP contribution in [0.15, 0.2) is 65.4 Å². The van der Waals surface area contributed by atoms with E-state index in [-0.39, 0.29) is 23.7 Å². The Bertz CT molecular complexity index is 894. The molecule has 0 bridgehead atoms. The molecule has 0 radical (unpaired) electrons. The third kappa shape index (κ3) is 4.29. The van der Waals surface area contributed by atoms with Crippen molar-refractivity contribution in [1.82, 2.24) is 10.3 Å². The number of hydrogen-bond acceptors (Lipinski definition) is 4. The molecule has 0 unspecified atom stereocenters. The van der Waals surface area contributed by atoms with Gasteiger partial charge in [-0.15, -0.1) is 0 Å². The molecule has 0 aliphatic rings. The topological polar surface area (TPSA) is 84.2 Å². The normalized spacial score (nSPS) is 10.3. The summed E-state index contributed by atoms with van der Waals surface area (Å²) in [7, 11) is 0. The van der Waals surface area contributed by atoms with Crippen LogP contribution in [0.4, 0.5) is 10.1 Å². The lowest BCUT2D eigenvalue weighted by atomic mass is 10.2. The second-order valence-electron chi connectivity index (χ2n) is 5.16.